The lowest BCUT2D eigenvalue weighted by Crippen LogP contribution is -2.29. The Labute approximate surface area is 190 Å². The number of hydrogen-bond acceptors (Lipinski definition) is 8. The molecule has 0 saturated heterocycles. The Morgan fingerprint density at radius 3 is 2.62 bits per heavy atom. The number of benzene rings is 2. The molecule has 0 bridgehead atoms. The van der Waals surface area contributed by atoms with Crippen LogP contribution in [0.2, 0.25) is 0 Å². The summed E-state index contributed by atoms with van der Waals surface area (Å²) in [6.07, 6.45) is 0. The number of fused-ring (bicyclic) bond motifs is 1. The first kappa shape index (κ1) is 23.5. The van der Waals surface area contributed by atoms with Crippen molar-refractivity contribution in [3.8, 4) is 0 Å². The predicted octanol–water partition coefficient (Wildman–Crippen LogP) is 1.75. The molecule has 0 atom stereocenters. The lowest BCUT2D eigenvalue weighted by atomic mass is 10.1. The highest BCUT2D eigenvalue weighted by Crippen LogP contribution is 2.32. The molecule has 0 aliphatic rings. The fourth-order valence-corrected chi connectivity index (χ4v) is 4.56. The molecule has 3 rings (SSSR count). The van der Waals surface area contributed by atoms with Crippen LogP contribution >= 0.6 is 11.3 Å². The van der Waals surface area contributed by atoms with Gasteiger partial charge in [-0.25, -0.2) is 13.6 Å². The standard InChI is InChI=1S/C21H26N6O3S2/c1-13(27-15-4-3-5-16(10-15)32(23,29)30)26-12-14-6-7-18-17(20(14)22)11-19(31-18)21(28)25-9-8-24-2/h3-7,10-11,24,26-27H,1,8-9,12,22H2,2H3,(H,25,28)(H2,23,29,30). The molecule has 11 heteroatoms. The van der Waals surface area contributed by atoms with Gasteiger partial charge in [-0.1, -0.05) is 18.7 Å². The van der Waals surface area contributed by atoms with E-state index in [0.717, 1.165) is 15.6 Å². The molecule has 8 N–H and O–H groups in total. The van der Waals surface area contributed by atoms with Crippen LogP contribution in [-0.2, 0) is 16.6 Å². The molecule has 0 aliphatic heterocycles. The summed E-state index contributed by atoms with van der Waals surface area (Å²) in [6, 6.07) is 11.8. The van der Waals surface area contributed by atoms with Gasteiger partial charge in [0.15, 0.2) is 0 Å². The van der Waals surface area contributed by atoms with Crippen LogP contribution in [0.5, 0.6) is 0 Å². The fourth-order valence-electron chi connectivity index (χ4n) is 3.00. The number of nitrogens with one attached hydrogen (secondary N) is 4. The number of carbonyl (C=O) groups excluding carboxylic acids is 1. The number of hydrogen-bond donors (Lipinski definition) is 6. The Hall–Kier alpha value is -3.12. The number of rotatable bonds is 10. The minimum absolute atomic E-state index is 0.00764. The quantitative estimate of drug-likeness (QED) is 0.193. The average molecular weight is 475 g/mol. The Morgan fingerprint density at radius 1 is 1.12 bits per heavy atom. The molecule has 0 fully saturated rings. The van der Waals surface area contributed by atoms with Gasteiger partial charge in [-0.3, -0.25) is 4.79 Å². The van der Waals surface area contributed by atoms with Gasteiger partial charge in [0.05, 0.1) is 15.6 Å². The van der Waals surface area contributed by atoms with Crippen molar-refractivity contribution in [2.45, 2.75) is 11.4 Å². The van der Waals surface area contributed by atoms with E-state index < -0.39 is 10.0 Å². The van der Waals surface area contributed by atoms with Gasteiger partial charge in [-0.05, 0) is 42.9 Å². The first-order valence-corrected chi connectivity index (χ1v) is 12.1. The zero-order valence-electron chi connectivity index (χ0n) is 17.6. The molecule has 32 heavy (non-hydrogen) atoms. The summed E-state index contributed by atoms with van der Waals surface area (Å²) >= 11 is 1.39. The monoisotopic (exact) mass is 474 g/mol. The number of amides is 1. The number of nitrogens with two attached hydrogens (primary N) is 2. The Balaban J connectivity index is 1.66. The summed E-state index contributed by atoms with van der Waals surface area (Å²) in [7, 11) is -1.96. The van der Waals surface area contributed by atoms with Gasteiger partial charge in [0.2, 0.25) is 10.0 Å². The third kappa shape index (κ3) is 5.77. The summed E-state index contributed by atoms with van der Waals surface area (Å²) < 4.78 is 23.9. The molecular formula is C21H26N6O3S2. The van der Waals surface area contributed by atoms with Crippen LogP contribution in [0.15, 0.2) is 59.8 Å². The van der Waals surface area contributed by atoms with Crippen molar-refractivity contribution in [3.63, 3.8) is 0 Å². The second-order valence-corrected chi connectivity index (χ2v) is 9.70. The molecule has 1 heterocycles. The van der Waals surface area contributed by atoms with Gasteiger partial charge in [0.25, 0.3) is 5.91 Å². The van der Waals surface area contributed by atoms with Crippen LogP contribution < -0.4 is 32.1 Å². The van der Waals surface area contributed by atoms with E-state index in [9.17, 15) is 13.2 Å². The number of carbonyl (C=O) groups is 1. The largest absolute Gasteiger partial charge is 0.398 e. The Morgan fingerprint density at radius 2 is 1.91 bits per heavy atom. The molecule has 3 aromatic rings. The van der Waals surface area contributed by atoms with E-state index in [1.54, 1.807) is 18.2 Å². The number of anilines is 2. The third-order valence-electron chi connectivity index (χ3n) is 4.67. The van der Waals surface area contributed by atoms with E-state index >= 15 is 0 Å². The van der Waals surface area contributed by atoms with Crippen molar-refractivity contribution in [3.05, 3.63) is 65.3 Å². The van der Waals surface area contributed by atoms with Crippen LogP contribution in [0.4, 0.5) is 11.4 Å². The second-order valence-electron chi connectivity index (χ2n) is 7.05. The van der Waals surface area contributed by atoms with E-state index in [0.29, 0.717) is 41.7 Å². The zero-order chi connectivity index (χ0) is 23.3. The van der Waals surface area contributed by atoms with Crippen LogP contribution in [0.25, 0.3) is 10.1 Å². The van der Waals surface area contributed by atoms with Gasteiger partial charge in [-0.2, -0.15) is 0 Å². The van der Waals surface area contributed by atoms with Crippen LogP contribution in [0.1, 0.15) is 15.2 Å². The van der Waals surface area contributed by atoms with E-state index in [1.807, 2.05) is 19.2 Å². The lowest BCUT2D eigenvalue weighted by molar-refractivity contribution is 0.0958. The second kappa shape index (κ2) is 10.0. The molecule has 170 valence electrons. The summed E-state index contributed by atoms with van der Waals surface area (Å²) in [4.78, 5) is 12.9. The van der Waals surface area contributed by atoms with E-state index in [2.05, 4.69) is 27.8 Å². The Bertz CT molecular complexity index is 1250. The predicted molar refractivity (Wildman–Crippen MR) is 130 cm³/mol. The van der Waals surface area contributed by atoms with E-state index in [1.165, 1.54) is 23.5 Å². The smallest absolute Gasteiger partial charge is 0.261 e. The maximum absolute atomic E-state index is 12.3. The molecule has 0 unspecified atom stereocenters. The molecule has 0 saturated carbocycles. The van der Waals surface area contributed by atoms with Crippen molar-refractivity contribution in [2.24, 2.45) is 5.14 Å². The summed E-state index contributed by atoms with van der Waals surface area (Å²) in [5.41, 5.74) is 8.32. The molecule has 9 nitrogen and oxygen atoms in total. The van der Waals surface area contributed by atoms with Gasteiger partial charge in [-0.15, -0.1) is 11.3 Å². The van der Waals surface area contributed by atoms with Crippen LogP contribution in [0.3, 0.4) is 0 Å². The fraction of sp³-hybridized carbons (Fsp3) is 0.190. The van der Waals surface area contributed by atoms with Gasteiger partial charge in [0.1, 0.15) is 0 Å². The highest BCUT2D eigenvalue weighted by molar-refractivity contribution is 7.89. The highest BCUT2D eigenvalue weighted by Gasteiger charge is 2.14. The molecule has 2 aromatic carbocycles. The van der Waals surface area contributed by atoms with E-state index in [-0.39, 0.29) is 10.8 Å². The molecule has 1 aromatic heterocycles. The van der Waals surface area contributed by atoms with Crippen LogP contribution in [0, 0.1) is 0 Å². The number of primary sulfonamides is 1. The normalized spacial score (nSPS) is 11.3. The molecular weight excluding hydrogens is 448 g/mol. The minimum Gasteiger partial charge on any atom is -0.398 e. The highest BCUT2D eigenvalue weighted by atomic mass is 32.2. The molecule has 1 amide bonds. The lowest BCUT2D eigenvalue weighted by Gasteiger charge is -2.14. The van der Waals surface area contributed by atoms with Gasteiger partial charge >= 0.3 is 0 Å². The molecule has 0 spiro atoms. The van der Waals surface area contributed by atoms with Crippen molar-refractivity contribution in [1.82, 2.24) is 16.0 Å². The van der Waals surface area contributed by atoms with Gasteiger partial charge < -0.3 is 27.0 Å². The Kier molecular flexibility index (Phi) is 7.36. The third-order valence-corrected chi connectivity index (χ3v) is 6.68. The summed E-state index contributed by atoms with van der Waals surface area (Å²) in [6.45, 7) is 5.54. The minimum atomic E-state index is -3.79. The maximum atomic E-state index is 12.3. The first-order chi connectivity index (χ1) is 15.2. The number of thiophene rings is 1. The summed E-state index contributed by atoms with van der Waals surface area (Å²) in [5, 5.41) is 18.0. The average Bonchev–Trinajstić information content (AvgIpc) is 3.18. The number of sulfonamides is 1. The number of likely N-dealkylation sites (N-methyl/N-ethyl adjacent to an activating group) is 1. The summed E-state index contributed by atoms with van der Waals surface area (Å²) in [5.74, 6) is 0.339. The molecule has 0 aliphatic carbocycles. The van der Waals surface area contributed by atoms with E-state index in [4.69, 9.17) is 10.9 Å². The van der Waals surface area contributed by atoms with Crippen molar-refractivity contribution >= 4 is 48.7 Å². The van der Waals surface area contributed by atoms with Crippen molar-refractivity contribution in [1.29, 1.82) is 0 Å². The number of nitrogen functional groups attached to an aromatic ring is 1. The van der Waals surface area contributed by atoms with Crippen molar-refractivity contribution < 1.29 is 13.2 Å². The zero-order valence-corrected chi connectivity index (χ0v) is 19.2. The van der Waals surface area contributed by atoms with Crippen molar-refractivity contribution in [2.75, 3.05) is 31.2 Å². The first-order valence-electron chi connectivity index (χ1n) is 9.75. The van der Waals surface area contributed by atoms with Crippen LogP contribution in [-0.4, -0.2) is 34.5 Å². The molecule has 0 radical (unpaired) electrons. The topological polar surface area (TPSA) is 151 Å². The van der Waals surface area contributed by atoms with Gasteiger partial charge in [0, 0.05) is 41.1 Å². The SMILES string of the molecule is C=C(NCc1ccc2sc(C(=O)NCCNC)cc2c1N)Nc1cccc(S(N)(=O)=O)c1. The maximum Gasteiger partial charge on any atom is 0.261 e.